The number of hydrogen-bond acceptors (Lipinski definition) is 5. The maximum absolute atomic E-state index is 12.7. The molecule has 1 aliphatic rings. The van der Waals surface area contributed by atoms with Crippen LogP contribution in [0.4, 0.5) is 4.79 Å². The Kier molecular flexibility index (Phi) is 7.24. The number of sulfonamides is 1. The molecule has 3 amide bonds. The van der Waals surface area contributed by atoms with Crippen LogP contribution in [0.2, 0.25) is 0 Å². The number of amides is 3. The summed E-state index contributed by atoms with van der Waals surface area (Å²) in [4.78, 5) is 26.5. The lowest BCUT2D eigenvalue weighted by Crippen LogP contribution is -2.50. The van der Waals surface area contributed by atoms with Crippen LogP contribution in [-0.2, 0) is 14.8 Å². The second-order valence-electron chi connectivity index (χ2n) is 6.82. The zero-order chi connectivity index (χ0) is 21.6. The maximum atomic E-state index is 12.7. The lowest BCUT2D eigenvalue weighted by atomic mass is 10.1. The number of hydrogen-bond donors (Lipinski definition) is 2. The Morgan fingerprint density at radius 2 is 1.80 bits per heavy atom. The van der Waals surface area contributed by atoms with E-state index < -0.39 is 22.1 Å². The summed E-state index contributed by atoms with van der Waals surface area (Å²) in [5.74, 6) is -0.154. The minimum Gasteiger partial charge on any atom is -0.352 e. The number of nitrogens with one attached hydrogen (secondary N) is 1. The fourth-order valence-corrected chi connectivity index (χ4v) is 5.15. The van der Waals surface area contributed by atoms with Crippen molar-refractivity contribution in [2.75, 3.05) is 26.2 Å². The highest BCUT2D eigenvalue weighted by Crippen LogP contribution is 2.23. The maximum Gasteiger partial charge on any atom is 0.312 e. The van der Waals surface area contributed by atoms with Crippen LogP contribution in [0, 0.1) is 0 Å². The van der Waals surface area contributed by atoms with Gasteiger partial charge in [0.1, 0.15) is 0 Å². The van der Waals surface area contributed by atoms with Gasteiger partial charge in [0.2, 0.25) is 15.9 Å². The van der Waals surface area contributed by atoms with Gasteiger partial charge in [-0.1, -0.05) is 36.4 Å². The summed E-state index contributed by atoms with van der Waals surface area (Å²) in [6, 6.07) is 11.7. The summed E-state index contributed by atoms with van der Waals surface area (Å²) in [5.41, 5.74) is 6.04. The molecule has 2 aromatic rings. The molecule has 1 unspecified atom stereocenters. The average Bonchev–Trinajstić information content (AvgIpc) is 3.27. The first-order chi connectivity index (χ1) is 14.3. The van der Waals surface area contributed by atoms with Gasteiger partial charge in [0.25, 0.3) is 0 Å². The lowest BCUT2D eigenvalue weighted by Gasteiger charge is -2.34. The molecule has 1 atom stereocenters. The Morgan fingerprint density at radius 3 is 2.40 bits per heavy atom. The summed E-state index contributed by atoms with van der Waals surface area (Å²) in [6.45, 7) is 1.04. The Bertz CT molecular complexity index is 983. The van der Waals surface area contributed by atoms with Crippen LogP contribution in [0.1, 0.15) is 22.9 Å². The highest BCUT2D eigenvalue weighted by Gasteiger charge is 2.29. The molecule has 0 radical (unpaired) electrons. The largest absolute Gasteiger partial charge is 0.352 e. The number of nitrogens with two attached hydrogens (primary N) is 1. The van der Waals surface area contributed by atoms with Crippen LogP contribution in [0.25, 0.3) is 6.08 Å². The van der Waals surface area contributed by atoms with Crippen molar-refractivity contribution >= 4 is 39.4 Å². The van der Waals surface area contributed by atoms with Crippen molar-refractivity contribution in [1.82, 2.24) is 14.5 Å². The SMILES string of the molecule is NC(=O)NC(CC(=O)N1CCN(S(=O)(=O)/C=C/c2ccccc2)CC1)c1cccs1. The molecular formula is C20H24N4O4S2. The predicted molar refractivity (Wildman–Crippen MR) is 117 cm³/mol. The third kappa shape index (κ3) is 5.91. The number of urea groups is 1. The van der Waals surface area contributed by atoms with Crippen molar-refractivity contribution in [2.24, 2.45) is 5.73 Å². The Balaban J connectivity index is 1.57. The molecule has 1 aliphatic heterocycles. The Labute approximate surface area is 180 Å². The number of benzene rings is 1. The third-order valence-electron chi connectivity index (χ3n) is 4.77. The van der Waals surface area contributed by atoms with Crippen molar-refractivity contribution in [3.8, 4) is 0 Å². The zero-order valence-electron chi connectivity index (χ0n) is 16.3. The summed E-state index contributed by atoms with van der Waals surface area (Å²) >= 11 is 1.43. The number of rotatable bonds is 7. The molecule has 3 rings (SSSR count). The average molecular weight is 449 g/mol. The summed E-state index contributed by atoms with van der Waals surface area (Å²) in [6.07, 6.45) is 1.64. The second-order valence-corrected chi connectivity index (χ2v) is 9.62. The van der Waals surface area contributed by atoms with Gasteiger partial charge in [-0.15, -0.1) is 11.3 Å². The summed E-state index contributed by atoms with van der Waals surface area (Å²) in [5, 5.41) is 5.66. The van der Waals surface area contributed by atoms with Crippen LogP contribution in [0.3, 0.4) is 0 Å². The topological polar surface area (TPSA) is 113 Å². The van der Waals surface area contributed by atoms with Gasteiger partial charge in [-0.2, -0.15) is 4.31 Å². The molecule has 0 bridgehead atoms. The first kappa shape index (κ1) is 22.0. The fourth-order valence-electron chi connectivity index (χ4n) is 3.19. The van der Waals surface area contributed by atoms with Gasteiger partial charge in [0, 0.05) is 36.5 Å². The van der Waals surface area contributed by atoms with Crippen molar-refractivity contribution in [1.29, 1.82) is 0 Å². The van der Waals surface area contributed by atoms with Gasteiger partial charge in [-0.05, 0) is 23.1 Å². The fraction of sp³-hybridized carbons (Fsp3) is 0.300. The monoisotopic (exact) mass is 448 g/mol. The lowest BCUT2D eigenvalue weighted by molar-refractivity contribution is -0.132. The van der Waals surface area contributed by atoms with Crippen LogP contribution in [-0.4, -0.2) is 55.7 Å². The molecular weight excluding hydrogens is 424 g/mol. The van der Waals surface area contributed by atoms with E-state index in [4.69, 9.17) is 5.73 Å². The van der Waals surface area contributed by atoms with Gasteiger partial charge < -0.3 is 16.0 Å². The van der Waals surface area contributed by atoms with E-state index >= 15 is 0 Å². The molecule has 3 N–H and O–H groups in total. The number of primary amides is 1. The van der Waals surface area contributed by atoms with Gasteiger partial charge in [-0.25, -0.2) is 13.2 Å². The first-order valence-electron chi connectivity index (χ1n) is 9.45. The molecule has 1 saturated heterocycles. The molecule has 0 aliphatic carbocycles. The van der Waals surface area contributed by atoms with Gasteiger partial charge in [0.15, 0.2) is 0 Å². The van der Waals surface area contributed by atoms with Gasteiger partial charge in [-0.3, -0.25) is 4.79 Å². The molecule has 1 fully saturated rings. The summed E-state index contributed by atoms with van der Waals surface area (Å²) < 4.78 is 26.5. The number of carbonyl (C=O) groups excluding carboxylic acids is 2. The molecule has 30 heavy (non-hydrogen) atoms. The third-order valence-corrected chi connectivity index (χ3v) is 7.32. The predicted octanol–water partition coefficient (Wildman–Crippen LogP) is 1.99. The molecule has 10 heteroatoms. The molecule has 0 saturated carbocycles. The van der Waals surface area contributed by atoms with Gasteiger partial charge in [0.05, 0.1) is 12.5 Å². The highest BCUT2D eigenvalue weighted by atomic mass is 32.2. The molecule has 160 valence electrons. The quantitative estimate of drug-likeness (QED) is 0.674. The van der Waals surface area contributed by atoms with Crippen molar-refractivity contribution in [3.05, 3.63) is 63.7 Å². The second kappa shape index (κ2) is 9.88. The zero-order valence-corrected chi connectivity index (χ0v) is 17.9. The van der Waals surface area contributed by atoms with E-state index in [2.05, 4.69) is 5.32 Å². The van der Waals surface area contributed by atoms with Crippen LogP contribution in [0.5, 0.6) is 0 Å². The molecule has 8 nitrogen and oxygen atoms in total. The smallest absolute Gasteiger partial charge is 0.312 e. The summed E-state index contributed by atoms with van der Waals surface area (Å²) in [7, 11) is -3.56. The number of thiophene rings is 1. The van der Waals surface area contributed by atoms with E-state index in [-0.39, 0.29) is 25.4 Å². The van der Waals surface area contributed by atoms with Gasteiger partial charge >= 0.3 is 6.03 Å². The van der Waals surface area contributed by atoms with E-state index in [1.54, 1.807) is 11.0 Å². The molecule has 1 aromatic heterocycles. The normalized spacial score (nSPS) is 16.5. The first-order valence-corrected chi connectivity index (χ1v) is 11.8. The molecule has 1 aromatic carbocycles. The van der Waals surface area contributed by atoms with Crippen molar-refractivity contribution in [3.63, 3.8) is 0 Å². The highest BCUT2D eigenvalue weighted by molar-refractivity contribution is 7.92. The van der Waals surface area contributed by atoms with E-state index in [0.717, 1.165) is 10.4 Å². The standard InChI is InChI=1S/C20H24N4O4S2/c21-20(26)22-17(18-7-4-13-29-18)15-19(25)23-9-11-24(12-10-23)30(27,28)14-8-16-5-2-1-3-6-16/h1-8,13-14,17H,9-12,15H2,(H3,21,22,26)/b14-8+. The minimum absolute atomic E-state index is 0.0735. The Morgan fingerprint density at radius 1 is 1.10 bits per heavy atom. The van der Waals surface area contributed by atoms with Crippen LogP contribution in [0.15, 0.2) is 53.3 Å². The Hall–Kier alpha value is -2.69. The number of carbonyl (C=O) groups is 2. The van der Waals surface area contributed by atoms with E-state index in [9.17, 15) is 18.0 Å². The van der Waals surface area contributed by atoms with Crippen molar-refractivity contribution < 1.29 is 18.0 Å². The van der Waals surface area contributed by atoms with E-state index in [1.165, 1.54) is 21.1 Å². The van der Waals surface area contributed by atoms with Crippen molar-refractivity contribution in [2.45, 2.75) is 12.5 Å². The molecule has 0 spiro atoms. The number of nitrogens with zero attached hydrogens (tertiary/aromatic N) is 2. The van der Waals surface area contributed by atoms with Crippen LogP contribution >= 0.6 is 11.3 Å². The van der Waals surface area contributed by atoms with E-state index in [1.807, 2.05) is 47.8 Å². The van der Waals surface area contributed by atoms with E-state index in [0.29, 0.717) is 13.1 Å². The molecule has 2 heterocycles. The minimum atomic E-state index is -3.56. The van der Waals surface area contributed by atoms with Crippen LogP contribution < -0.4 is 11.1 Å². The number of piperazine rings is 1.